The number of hydrogen-bond acceptors (Lipinski definition) is 5. The van der Waals surface area contributed by atoms with Crippen molar-refractivity contribution in [3.8, 4) is 11.4 Å². The van der Waals surface area contributed by atoms with Crippen molar-refractivity contribution in [2.24, 2.45) is 0 Å². The van der Waals surface area contributed by atoms with Gasteiger partial charge in [-0.3, -0.25) is 9.20 Å². The Hall–Kier alpha value is -3.06. The third-order valence-electron chi connectivity index (χ3n) is 6.63. The van der Waals surface area contributed by atoms with Crippen LogP contribution in [0.2, 0.25) is 0 Å². The van der Waals surface area contributed by atoms with Gasteiger partial charge in [0.05, 0.1) is 17.6 Å². The number of piperidine rings is 1. The van der Waals surface area contributed by atoms with E-state index in [0.717, 1.165) is 36.3 Å². The molecule has 0 radical (unpaired) electrons. The molecule has 5 heterocycles. The maximum atomic E-state index is 13.0. The highest BCUT2D eigenvalue weighted by Crippen LogP contribution is 2.46. The Labute approximate surface area is 173 Å². The van der Waals surface area contributed by atoms with Crippen LogP contribution in [0.1, 0.15) is 48.4 Å². The van der Waals surface area contributed by atoms with E-state index in [2.05, 4.69) is 21.5 Å². The maximum absolute atomic E-state index is 13.0. The van der Waals surface area contributed by atoms with Crippen molar-refractivity contribution in [2.75, 3.05) is 6.54 Å². The lowest BCUT2D eigenvalue weighted by atomic mass is 9.86. The number of aromatic nitrogens is 5. The van der Waals surface area contributed by atoms with Gasteiger partial charge in [0.1, 0.15) is 11.3 Å². The van der Waals surface area contributed by atoms with Crippen LogP contribution in [-0.2, 0) is 0 Å². The second kappa shape index (κ2) is 6.22. The molecule has 1 saturated carbocycles. The predicted octanol–water partition coefficient (Wildman–Crippen LogP) is 3.02. The molecular formula is C23H24N6O. The molecule has 6 rings (SSSR count). The highest BCUT2D eigenvalue weighted by Gasteiger charge is 2.46. The second-order valence-electron chi connectivity index (χ2n) is 8.93. The minimum absolute atomic E-state index is 0.0757. The summed E-state index contributed by atoms with van der Waals surface area (Å²) in [5.41, 5.74) is 6.17. The van der Waals surface area contributed by atoms with Crippen LogP contribution in [0.15, 0.2) is 41.5 Å². The zero-order valence-electron chi connectivity index (χ0n) is 17.2. The average Bonchev–Trinajstić information content (AvgIpc) is 3.35. The van der Waals surface area contributed by atoms with Crippen molar-refractivity contribution in [2.45, 2.75) is 51.0 Å². The highest BCUT2D eigenvalue weighted by molar-refractivity contribution is 5.61. The van der Waals surface area contributed by atoms with Gasteiger partial charge in [-0.25, -0.2) is 14.5 Å². The van der Waals surface area contributed by atoms with E-state index in [1.807, 2.05) is 38.4 Å². The first-order chi connectivity index (χ1) is 14.5. The highest BCUT2D eigenvalue weighted by atomic mass is 16.1. The first kappa shape index (κ1) is 17.8. The van der Waals surface area contributed by atoms with Crippen LogP contribution >= 0.6 is 0 Å². The fraction of sp³-hybridized carbons (Fsp3) is 0.391. The van der Waals surface area contributed by atoms with Gasteiger partial charge in [-0.2, -0.15) is 5.10 Å². The molecule has 1 atom stereocenters. The third kappa shape index (κ3) is 2.84. The Balaban J connectivity index is 1.41. The molecule has 1 aliphatic carbocycles. The van der Waals surface area contributed by atoms with Crippen molar-refractivity contribution in [1.82, 2.24) is 29.3 Å². The van der Waals surface area contributed by atoms with Crippen molar-refractivity contribution >= 4 is 11.3 Å². The van der Waals surface area contributed by atoms with Gasteiger partial charge in [0, 0.05) is 17.8 Å². The molecular weight excluding hydrogens is 376 g/mol. The molecule has 30 heavy (non-hydrogen) atoms. The number of imidazole rings is 1. The van der Waals surface area contributed by atoms with Gasteiger partial charge in [0.2, 0.25) is 0 Å². The summed E-state index contributed by atoms with van der Waals surface area (Å²) in [5.74, 6) is 0.501. The van der Waals surface area contributed by atoms with Gasteiger partial charge in [0.15, 0.2) is 5.65 Å². The summed E-state index contributed by atoms with van der Waals surface area (Å²) in [4.78, 5) is 22.2. The normalized spacial score (nSPS) is 20.3. The Bertz CT molecular complexity index is 1360. The number of nitrogens with zero attached hydrogens (tertiary/aromatic N) is 5. The fourth-order valence-corrected chi connectivity index (χ4v) is 4.84. The van der Waals surface area contributed by atoms with Crippen LogP contribution < -0.4 is 10.9 Å². The van der Waals surface area contributed by atoms with Crippen molar-refractivity contribution in [3.63, 3.8) is 0 Å². The fourth-order valence-electron chi connectivity index (χ4n) is 4.84. The van der Waals surface area contributed by atoms with Crippen LogP contribution in [-0.4, -0.2) is 36.1 Å². The molecule has 0 amide bonds. The molecule has 0 aromatic carbocycles. The molecule has 2 fully saturated rings. The smallest absolute Gasteiger partial charge is 0.258 e. The minimum atomic E-state index is -0.0757. The Morgan fingerprint density at radius 3 is 2.80 bits per heavy atom. The van der Waals surface area contributed by atoms with Gasteiger partial charge in [-0.15, -0.1) is 0 Å². The first-order valence-corrected chi connectivity index (χ1v) is 10.6. The molecule has 1 saturated heterocycles. The molecule has 0 bridgehead atoms. The van der Waals surface area contributed by atoms with E-state index in [-0.39, 0.29) is 5.56 Å². The molecule has 1 spiro atoms. The van der Waals surface area contributed by atoms with Gasteiger partial charge in [0.25, 0.3) is 5.56 Å². The summed E-state index contributed by atoms with van der Waals surface area (Å²) in [5, 5.41) is 8.29. The van der Waals surface area contributed by atoms with E-state index in [4.69, 9.17) is 4.98 Å². The van der Waals surface area contributed by atoms with Crippen molar-refractivity contribution < 1.29 is 0 Å². The number of pyridine rings is 1. The van der Waals surface area contributed by atoms with Gasteiger partial charge < -0.3 is 5.32 Å². The summed E-state index contributed by atoms with van der Waals surface area (Å²) < 4.78 is 3.44. The maximum Gasteiger partial charge on any atom is 0.258 e. The van der Waals surface area contributed by atoms with Crippen LogP contribution in [0, 0.1) is 13.8 Å². The van der Waals surface area contributed by atoms with Gasteiger partial charge >= 0.3 is 0 Å². The van der Waals surface area contributed by atoms with Crippen molar-refractivity contribution in [1.29, 1.82) is 0 Å². The summed E-state index contributed by atoms with van der Waals surface area (Å²) >= 11 is 0. The molecule has 2 aliphatic rings. The zero-order chi connectivity index (χ0) is 20.5. The van der Waals surface area contributed by atoms with E-state index in [1.165, 1.54) is 18.4 Å². The molecule has 7 nitrogen and oxygen atoms in total. The predicted molar refractivity (Wildman–Crippen MR) is 115 cm³/mol. The number of fused-ring (bicyclic) bond motifs is 2. The molecule has 4 aromatic heterocycles. The lowest BCUT2D eigenvalue weighted by molar-refractivity contribution is 0.345. The Morgan fingerprint density at radius 1 is 1.10 bits per heavy atom. The van der Waals surface area contributed by atoms with E-state index in [9.17, 15) is 4.79 Å². The van der Waals surface area contributed by atoms with E-state index >= 15 is 0 Å². The molecule has 1 N–H and O–H groups in total. The molecule has 7 heteroatoms. The largest absolute Gasteiger partial charge is 0.311 e. The van der Waals surface area contributed by atoms with Gasteiger partial charge in [-0.1, -0.05) is 6.07 Å². The van der Waals surface area contributed by atoms with E-state index in [1.54, 1.807) is 15.0 Å². The topological polar surface area (TPSA) is 76.6 Å². The summed E-state index contributed by atoms with van der Waals surface area (Å²) in [7, 11) is 0. The van der Waals surface area contributed by atoms with E-state index in [0.29, 0.717) is 28.5 Å². The number of aryl methyl sites for hydroxylation is 2. The van der Waals surface area contributed by atoms with Crippen LogP contribution in [0.5, 0.6) is 0 Å². The van der Waals surface area contributed by atoms with Crippen LogP contribution in [0.25, 0.3) is 22.7 Å². The lowest BCUT2D eigenvalue weighted by Gasteiger charge is -2.30. The molecule has 0 unspecified atom stereocenters. The van der Waals surface area contributed by atoms with E-state index < -0.39 is 0 Å². The Kier molecular flexibility index (Phi) is 3.68. The monoisotopic (exact) mass is 400 g/mol. The first-order valence-electron chi connectivity index (χ1n) is 10.6. The molecule has 152 valence electrons. The number of nitrogens with one attached hydrogen (secondary N) is 1. The molecule has 4 aromatic rings. The summed E-state index contributed by atoms with van der Waals surface area (Å²) in [6.07, 6.45) is 8.69. The second-order valence-corrected chi connectivity index (χ2v) is 8.93. The number of rotatable bonds is 2. The summed E-state index contributed by atoms with van der Waals surface area (Å²) in [6, 6.07) is 7.63. The molecule has 1 aliphatic heterocycles. The van der Waals surface area contributed by atoms with Gasteiger partial charge in [-0.05, 0) is 75.3 Å². The third-order valence-corrected chi connectivity index (χ3v) is 6.63. The quantitative estimate of drug-likeness (QED) is 0.560. The van der Waals surface area contributed by atoms with Crippen LogP contribution in [0.4, 0.5) is 0 Å². The zero-order valence-corrected chi connectivity index (χ0v) is 17.2. The SMILES string of the molecule is Cc1cn2nc(-c3cc(=O)n4cc([C@@H]5CCNC6(CC6)C5)ccc4n3)cc(C)c2n1. The average molecular weight is 400 g/mol. The standard InChI is InChI=1S/C23H24N6O/c1-14-9-19(27-29-12-15(2)25-22(14)29)18-10-21(30)28-13-17(3-4-20(28)26-18)16-5-8-24-23(11-16)6-7-23/h3-4,9-10,12-13,16,24H,5-8,11H2,1-2H3/t16-/m1/s1. The summed E-state index contributed by atoms with van der Waals surface area (Å²) in [6.45, 7) is 4.99. The lowest BCUT2D eigenvalue weighted by Crippen LogP contribution is -2.39. The van der Waals surface area contributed by atoms with Crippen LogP contribution in [0.3, 0.4) is 0 Å². The van der Waals surface area contributed by atoms with Crippen molar-refractivity contribution in [3.05, 3.63) is 63.8 Å². The minimum Gasteiger partial charge on any atom is -0.311 e. The Morgan fingerprint density at radius 2 is 1.97 bits per heavy atom. The number of hydrogen-bond donors (Lipinski definition) is 1.